The Morgan fingerprint density at radius 3 is 2.79 bits per heavy atom. The Bertz CT molecular complexity index is 960. The van der Waals surface area contributed by atoms with E-state index in [1.54, 1.807) is 0 Å². The van der Waals surface area contributed by atoms with Gasteiger partial charge in [0.15, 0.2) is 0 Å². The molecule has 4 nitrogen and oxygen atoms in total. The van der Waals surface area contributed by atoms with E-state index in [-0.39, 0.29) is 12.0 Å². The van der Waals surface area contributed by atoms with Crippen molar-refractivity contribution < 1.29 is 9.53 Å². The maximum atomic E-state index is 12.3. The standard InChI is InChI=1S/C23H25ClN2O2/c24-21-9-3-1-6-18(21)16-26-15-17(20-8-2-4-10-22(20)26)11-12-23(27)25-14-19-7-5-13-28-19/h1-4,6,8-10,15,19H,5,7,11-14,16H2,(H,25,27)/t19-/m1/s1. The van der Waals surface area contributed by atoms with Crippen LogP contribution in [-0.2, 0) is 22.5 Å². The lowest BCUT2D eigenvalue weighted by molar-refractivity contribution is -0.121. The zero-order valence-electron chi connectivity index (χ0n) is 15.9. The lowest BCUT2D eigenvalue weighted by Gasteiger charge is -2.10. The number of benzene rings is 2. The maximum absolute atomic E-state index is 12.3. The second-order valence-electron chi connectivity index (χ2n) is 7.33. The highest BCUT2D eigenvalue weighted by molar-refractivity contribution is 6.31. The predicted molar refractivity (Wildman–Crippen MR) is 113 cm³/mol. The molecule has 5 heteroatoms. The summed E-state index contributed by atoms with van der Waals surface area (Å²) in [5, 5.41) is 4.98. The van der Waals surface area contributed by atoms with Crippen molar-refractivity contribution in [3.8, 4) is 0 Å². The minimum atomic E-state index is 0.0819. The number of halogens is 1. The summed E-state index contributed by atoms with van der Waals surface area (Å²) >= 11 is 6.35. The number of amides is 1. The van der Waals surface area contributed by atoms with Gasteiger partial charge in [-0.3, -0.25) is 4.79 Å². The van der Waals surface area contributed by atoms with E-state index in [1.165, 1.54) is 10.9 Å². The quantitative estimate of drug-likeness (QED) is 0.635. The van der Waals surface area contributed by atoms with Crippen LogP contribution in [0.5, 0.6) is 0 Å². The summed E-state index contributed by atoms with van der Waals surface area (Å²) in [6, 6.07) is 16.3. The molecule has 2 heterocycles. The molecule has 1 N–H and O–H groups in total. The molecule has 0 radical (unpaired) electrons. The maximum Gasteiger partial charge on any atom is 0.220 e. The molecule has 1 amide bonds. The van der Waals surface area contributed by atoms with Crippen LogP contribution < -0.4 is 5.32 Å². The molecule has 3 aromatic rings. The molecule has 0 unspecified atom stereocenters. The summed E-state index contributed by atoms with van der Waals surface area (Å²) < 4.78 is 7.78. The molecule has 0 saturated carbocycles. The summed E-state index contributed by atoms with van der Waals surface area (Å²) in [7, 11) is 0. The Labute approximate surface area is 170 Å². The summed E-state index contributed by atoms with van der Waals surface area (Å²) in [6.07, 6.45) is 5.66. The summed E-state index contributed by atoms with van der Waals surface area (Å²) in [4.78, 5) is 12.3. The highest BCUT2D eigenvalue weighted by Gasteiger charge is 2.16. The van der Waals surface area contributed by atoms with Crippen molar-refractivity contribution in [1.29, 1.82) is 0 Å². The monoisotopic (exact) mass is 396 g/mol. The topological polar surface area (TPSA) is 43.3 Å². The van der Waals surface area contributed by atoms with Gasteiger partial charge in [0.05, 0.1) is 6.10 Å². The molecule has 2 aromatic carbocycles. The van der Waals surface area contributed by atoms with Crippen LogP contribution in [0, 0.1) is 0 Å². The van der Waals surface area contributed by atoms with Gasteiger partial charge in [-0.2, -0.15) is 0 Å². The molecule has 1 aliphatic heterocycles. The lowest BCUT2D eigenvalue weighted by atomic mass is 10.1. The van der Waals surface area contributed by atoms with Crippen LogP contribution in [0.25, 0.3) is 10.9 Å². The Morgan fingerprint density at radius 2 is 1.96 bits per heavy atom. The average Bonchev–Trinajstić information content (AvgIpc) is 3.35. The Hall–Kier alpha value is -2.30. The van der Waals surface area contributed by atoms with Crippen LogP contribution in [0.3, 0.4) is 0 Å². The number of hydrogen-bond acceptors (Lipinski definition) is 2. The van der Waals surface area contributed by atoms with Crippen molar-refractivity contribution in [1.82, 2.24) is 9.88 Å². The number of hydrogen-bond donors (Lipinski definition) is 1. The van der Waals surface area contributed by atoms with Crippen molar-refractivity contribution in [2.24, 2.45) is 0 Å². The van der Waals surface area contributed by atoms with E-state index in [1.807, 2.05) is 30.3 Å². The first-order valence-corrected chi connectivity index (χ1v) is 10.3. The van der Waals surface area contributed by atoms with E-state index in [0.717, 1.165) is 35.6 Å². The van der Waals surface area contributed by atoms with Gasteiger partial charge in [-0.25, -0.2) is 0 Å². The summed E-state index contributed by atoms with van der Waals surface area (Å²) in [5.74, 6) is 0.0819. The number of para-hydroxylation sites is 1. The van der Waals surface area contributed by atoms with Gasteiger partial charge in [0, 0.05) is 48.2 Å². The molecule has 1 saturated heterocycles. The fraction of sp³-hybridized carbons (Fsp3) is 0.348. The smallest absolute Gasteiger partial charge is 0.220 e. The fourth-order valence-corrected chi connectivity index (χ4v) is 4.03. The summed E-state index contributed by atoms with van der Waals surface area (Å²) in [6.45, 7) is 2.14. The fourth-order valence-electron chi connectivity index (χ4n) is 3.83. The number of nitrogens with one attached hydrogen (secondary N) is 1. The van der Waals surface area contributed by atoms with Crippen molar-refractivity contribution in [2.45, 2.75) is 38.3 Å². The first-order chi connectivity index (χ1) is 13.7. The molecule has 0 aliphatic carbocycles. The van der Waals surface area contributed by atoms with E-state index in [4.69, 9.17) is 16.3 Å². The highest BCUT2D eigenvalue weighted by atomic mass is 35.5. The highest BCUT2D eigenvalue weighted by Crippen LogP contribution is 2.25. The number of aryl methyl sites for hydroxylation is 1. The SMILES string of the molecule is O=C(CCc1cn(Cc2ccccc2Cl)c2ccccc12)NC[C@H]1CCCO1. The Balaban J connectivity index is 1.45. The molecule has 0 bridgehead atoms. The number of ether oxygens (including phenoxy) is 1. The van der Waals surface area contributed by atoms with E-state index in [9.17, 15) is 4.79 Å². The van der Waals surface area contributed by atoms with E-state index in [0.29, 0.717) is 25.9 Å². The van der Waals surface area contributed by atoms with Gasteiger partial charge in [-0.1, -0.05) is 48.0 Å². The number of fused-ring (bicyclic) bond motifs is 1. The first-order valence-electron chi connectivity index (χ1n) is 9.89. The molecule has 146 valence electrons. The van der Waals surface area contributed by atoms with E-state index in [2.05, 4.69) is 34.3 Å². The number of carbonyl (C=O) groups is 1. The molecule has 4 rings (SSSR count). The van der Waals surface area contributed by atoms with Crippen molar-refractivity contribution in [2.75, 3.05) is 13.2 Å². The van der Waals surface area contributed by atoms with Gasteiger partial charge in [-0.15, -0.1) is 0 Å². The molecule has 1 fully saturated rings. The molecule has 1 atom stereocenters. The second kappa shape index (κ2) is 8.80. The largest absolute Gasteiger partial charge is 0.376 e. The minimum absolute atomic E-state index is 0.0819. The normalized spacial score (nSPS) is 16.5. The van der Waals surface area contributed by atoms with Crippen LogP contribution in [0.4, 0.5) is 0 Å². The van der Waals surface area contributed by atoms with Gasteiger partial charge in [0.2, 0.25) is 5.91 Å². The first kappa shape index (κ1) is 19.0. The number of aromatic nitrogens is 1. The number of carbonyl (C=O) groups excluding carboxylic acids is 1. The Morgan fingerprint density at radius 1 is 1.14 bits per heavy atom. The van der Waals surface area contributed by atoms with Gasteiger partial charge in [-0.05, 0) is 42.5 Å². The molecule has 0 spiro atoms. The zero-order valence-corrected chi connectivity index (χ0v) is 16.6. The Kier molecular flexibility index (Phi) is 5.98. The third-order valence-corrected chi connectivity index (χ3v) is 5.71. The summed E-state index contributed by atoms with van der Waals surface area (Å²) in [5.41, 5.74) is 3.44. The predicted octanol–water partition coefficient (Wildman–Crippen LogP) is 4.57. The second-order valence-corrected chi connectivity index (χ2v) is 7.74. The van der Waals surface area contributed by atoms with Crippen LogP contribution in [0.15, 0.2) is 54.7 Å². The van der Waals surface area contributed by atoms with Gasteiger partial charge in [0.1, 0.15) is 0 Å². The van der Waals surface area contributed by atoms with E-state index < -0.39 is 0 Å². The van der Waals surface area contributed by atoms with Crippen LogP contribution >= 0.6 is 11.6 Å². The number of nitrogens with zero attached hydrogens (tertiary/aromatic N) is 1. The van der Waals surface area contributed by atoms with Crippen molar-refractivity contribution in [3.63, 3.8) is 0 Å². The van der Waals surface area contributed by atoms with Gasteiger partial charge >= 0.3 is 0 Å². The van der Waals surface area contributed by atoms with E-state index >= 15 is 0 Å². The van der Waals surface area contributed by atoms with Crippen LogP contribution in [-0.4, -0.2) is 29.7 Å². The molecule has 28 heavy (non-hydrogen) atoms. The van der Waals surface area contributed by atoms with Crippen LogP contribution in [0.1, 0.15) is 30.4 Å². The van der Waals surface area contributed by atoms with Gasteiger partial charge < -0.3 is 14.6 Å². The van der Waals surface area contributed by atoms with Crippen molar-refractivity contribution in [3.05, 3.63) is 70.9 Å². The third-order valence-electron chi connectivity index (χ3n) is 5.34. The molecular formula is C23H25ClN2O2. The van der Waals surface area contributed by atoms with Crippen LogP contribution in [0.2, 0.25) is 5.02 Å². The molecule has 1 aromatic heterocycles. The minimum Gasteiger partial charge on any atom is -0.376 e. The van der Waals surface area contributed by atoms with Crippen molar-refractivity contribution >= 4 is 28.4 Å². The average molecular weight is 397 g/mol. The number of rotatable bonds is 7. The molecular weight excluding hydrogens is 372 g/mol. The van der Waals surface area contributed by atoms with Gasteiger partial charge in [0.25, 0.3) is 0 Å². The third kappa shape index (κ3) is 4.40. The molecule has 1 aliphatic rings. The lowest BCUT2D eigenvalue weighted by Crippen LogP contribution is -2.31. The zero-order chi connectivity index (χ0) is 19.3.